The van der Waals surface area contributed by atoms with Crippen molar-refractivity contribution in [2.45, 2.75) is 127 Å². The molecule has 4 atom stereocenters. The highest BCUT2D eigenvalue weighted by Crippen LogP contribution is 2.68. The molecule has 3 fully saturated rings. The zero-order valence-corrected chi connectivity index (χ0v) is 25.7. The predicted octanol–water partition coefficient (Wildman–Crippen LogP) is 11.2. The third-order valence-electron chi connectivity index (χ3n) is 10.6. The van der Waals surface area contributed by atoms with Crippen LogP contribution in [-0.4, -0.2) is 17.4 Å². The van der Waals surface area contributed by atoms with Crippen LogP contribution >= 0.6 is 7.92 Å². The first-order valence-corrected chi connectivity index (χ1v) is 18.0. The van der Waals surface area contributed by atoms with E-state index in [1.807, 2.05) is 0 Å². The topological polar surface area (TPSA) is 9.23 Å². The lowest BCUT2D eigenvalue weighted by molar-refractivity contribution is 0.0265. The molecule has 2 heteroatoms. The summed E-state index contributed by atoms with van der Waals surface area (Å²) in [6.45, 7) is 7.23. The molecule has 1 nitrogen and oxygen atoms in total. The SMILES string of the molecule is CC1CCC(C(C)C)C(OC2=Cc3ccccc3[C@@H](P(C3CCCCC3)C3CCCCC3)c3ccccc32)C1. The van der Waals surface area contributed by atoms with E-state index in [4.69, 9.17) is 4.74 Å². The highest BCUT2D eigenvalue weighted by Gasteiger charge is 2.41. The molecule has 4 aliphatic carbocycles. The molecule has 2 aromatic rings. The molecule has 6 rings (SSSR count). The van der Waals surface area contributed by atoms with E-state index in [0.717, 1.165) is 23.0 Å². The first-order chi connectivity index (χ1) is 19.1. The van der Waals surface area contributed by atoms with Gasteiger partial charge in [0.2, 0.25) is 0 Å². The molecule has 4 aliphatic rings. The van der Waals surface area contributed by atoms with Crippen LogP contribution in [0.2, 0.25) is 0 Å². The van der Waals surface area contributed by atoms with E-state index in [1.54, 1.807) is 11.1 Å². The van der Waals surface area contributed by atoms with E-state index >= 15 is 0 Å². The van der Waals surface area contributed by atoms with Gasteiger partial charge in [-0.2, -0.15) is 0 Å². The average Bonchev–Trinajstić information content (AvgIpc) is 3.09. The Morgan fingerprint density at radius 2 is 1.33 bits per heavy atom. The minimum atomic E-state index is -0.159. The molecule has 0 radical (unpaired) electrons. The molecule has 0 N–H and O–H groups in total. The maximum atomic E-state index is 7.23. The second kappa shape index (κ2) is 12.5. The van der Waals surface area contributed by atoms with Gasteiger partial charge in [-0.25, -0.2) is 0 Å². The molecule has 3 unspecified atom stereocenters. The molecule has 0 aliphatic heterocycles. The van der Waals surface area contributed by atoms with Crippen LogP contribution < -0.4 is 0 Å². The van der Waals surface area contributed by atoms with Gasteiger partial charge in [0.25, 0.3) is 0 Å². The fraction of sp³-hybridized carbons (Fsp3) is 0.622. The van der Waals surface area contributed by atoms with Crippen molar-refractivity contribution in [1.82, 2.24) is 0 Å². The predicted molar refractivity (Wildman–Crippen MR) is 169 cm³/mol. The van der Waals surface area contributed by atoms with Crippen molar-refractivity contribution >= 4 is 19.8 Å². The summed E-state index contributed by atoms with van der Waals surface area (Å²) in [7, 11) is -0.159. The largest absolute Gasteiger partial charge is 0.489 e. The number of benzene rings is 2. The average molecular weight is 543 g/mol. The van der Waals surface area contributed by atoms with Crippen LogP contribution in [0.4, 0.5) is 0 Å². The summed E-state index contributed by atoms with van der Waals surface area (Å²) in [6.07, 6.45) is 21.0. The summed E-state index contributed by atoms with van der Waals surface area (Å²) in [5, 5.41) is 0. The Labute approximate surface area is 240 Å². The maximum absolute atomic E-state index is 7.23. The van der Waals surface area contributed by atoms with Gasteiger partial charge in [0.15, 0.2) is 0 Å². The zero-order valence-electron chi connectivity index (χ0n) is 24.8. The van der Waals surface area contributed by atoms with E-state index in [2.05, 4.69) is 75.4 Å². The Balaban J connectivity index is 1.45. The minimum Gasteiger partial charge on any atom is -0.489 e. The van der Waals surface area contributed by atoms with Crippen LogP contribution in [-0.2, 0) is 4.74 Å². The van der Waals surface area contributed by atoms with E-state index in [1.165, 1.54) is 94.6 Å². The van der Waals surface area contributed by atoms with Crippen molar-refractivity contribution in [3.05, 3.63) is 70.8 Å². The van der Waals surface area contributed by atoms with Gasteiger partial charge >= 0.3 is 0 Å². The maximum Gasteiger partial charge on any atom is 0.127 e. The lowest BCUT2D eigenvalue weighted by Crippen LogP contribution is -2.34. The molecule has 210 valence electrons. The smallest absolute Gasteiger partial charge is 0.127 e. The van der Waals surface area contributed by atoms with Gasteiger partial charge in [0, 0.05) is 11.2 Å². The molecule has 0 amide bonds. The molecular formula is C37H51OP. The van der Waals surface area contributed by atoms with Crippen molar-refractivity contribution in [3.8, 4) is 0 Å². The molecule has 0 bridgehead atoms. The summed E-state index contributed by atoms with van der Waals surface area (Å²) in [4.78, 5) is 0. The van der Waals surface area contributed by atoms with Crippen LogP contribution in [0.15, 0.2) is 48.5 Å². The molecule has 0 spiro atoms. The third-order valence-corrected chi connectivity index (χ3v) is 14.5. The number of hydrogen-bond acceptors (Lipinski definition) is 1. The second-order valence-corrected chi connectivity index (χ2v) is 16.5. The number of fused-ring (bicyclic) bond motifs is 2. The number of hydrogen-bond donors (Lipinski definition) is 0. The zero-order chi connectivity index (χ0) is 26.8. The van der Waals surface area contributed by atoms with Gasteiger partial charge < -0.3 is 4.74 Å². The van der Waals surface area contributed by atoms with Crippen molar-refractivity contribution in [2.24, 2.45) is 17.8 Å². The van der Waals surface area contributed by atoms with Crippen LogP contribution in [0.5, 0.6) is 0 Å². The summed E-state index contributed by atoms with van der Waals surface area (Å²) in [5.74, 6) is 3.20. The van der Waals surface area contributed by atoms with Gasteiger partial charge in [-0.1, -0.05) is 122 Å². The Morgan fingerprint density at radius 3 is 2.00 bits per heavy atom. The quantitative estimate of drug-likeness (QED) is 0.330. The van der Waals surface area contributed by atoms with E-state index < -0.39 is 0 Å². The Bertz CT molecular complexity index is 1100. The van der Waals surface area contributed by atoms with Gasteiger partial charge in [-0.05, 0) is 90.4 Å². The van der Waals surface area contributed by atoms with Gasteiger partial charge in [-0.15, -0.1) is 0 Å². The molecule has 0 saturated heterocycles. The van der Waals surface area contributed by atoms with Gasteiger partial charge in [-0.3, -0.25) is 0 Å². The highest BCUT2D eigenvalue weighted by atomic mass is 31.1. The lowest BCUT2D eigenvalue weighted by Gasteiger charge is -2.44. The molecule has 3 saturated carbocycles. The Morgan fingerprint density at radius 1 is 0.718 bits per heavy atom. The molecule has 0 heterocycles. The summed E-state index contributed by atoms with van der Waals surface area (Å²) < 4.78 is 7.23. The van der Waals surface area contributed by atoms with E-state index in [9.17, 15) is 0 Å². The standard InChI is InChI=1S/C37H51OP/c1-26(2)31-23-22-27(3)24-35(31)38-36-25-28-14-10-11-19-32(28)37(34-21-13-12-20-33(34)36)39(29-15-6-4-7-16-29)30-17-8-5-9-18-30/h10-14,19-21,25-27,29-31,35,37H,4-9,15-18,22-24H2,1-3H3/t27?,31?,35?,37-/m1/s1. The molecule has 0 aromatic heterocycles. The monoisotopic (exact) mass is 542 g/mol. The highest BCUT2D eigenvalue weighted by molar-refractivity contribution is 7.59. The Kier molecular flexibility index (Phi) is 8.84. The normalized spacial score (nSPS) is 28.5. The first kappa shape index (κ1) is 27.6. The van der Waals surface area contributed by atoms with Crippen LogP contribution in [0.3, 0.4) is 0 Å². The van der Waals surface area contributed by atoms with Crippen LogP contribution in [0, 0.1) is 17.8 Å². The third kappa shape index (κ3) is 5.91. The fourth-order valence-electron chi connectivity index (χ4n) is 8.55. The minimum absolute atomic E-state index is 0.159. The number of rotatable bonds is 6. The van der Waals surface area contributed by atoms with Crippen LogP contribution in [0.25, 0.3) is 11.8 Å². The molecule has 39 heavy (non-hydrogen) atoms. The summed E-state index contributed by atoms with van der Waals surface area (Å²) in [5.41, 5.74) is 8.31. The number of ether oxygens (including phenoxy) is 1. The van der Waals surface area contributed by atoms with Gasteiger partial charge in [0.05, 0.1) is 0 Å². The fourth-order valence-corrected chi connectivity index (χ4v) is 13.0. The second-order valence-electron chi connectivity index (χ2n) is 13.6. The molecular weight excluding hydrogens is 491 g/mol. The lowest BCUT2D eigenvalue weighted by atomic mass is 9.75. The molecule has 2 aromatic carbocycles. The van der Waals surface area contributed by atoms with Crippen molar-refractivity contribution in [3.63, 3.8) is 0 Å². The Hall–Kier alpha value is -1.59. The van der Waals surface area contributed by atoms with Gasteiger partial charge in [0.1, 0.15) is 11.9 Å². The van der Waals surface area contributed by atoms with Crippen molar-refractivity contribution < 1.29 is 4.74 Å². The van der Waals surface area contributed by atoms with Crippen molar-refractivity contribution in [2.75, 3.05) is 0 Å². The van der Waals surface area contributed by atoms with E-state index in [-0.39, 0.29) is 7.92 Å². The van der Waals surface area contributed by atoms with E-state index in [0.29, 0.717) is 23.6 Å². The summed E-state index contributed by atoms with van der Waals surface area (Å²) in [6, 6.07) is 18.9. The van der Waals surface area contributed by atoms with Crippen molar-refractivity contribution in [1.29, 1.82) is 0 Å². The van der Waals surface area contributed by atoms with Crippen LogP contribution in [0.1, 0.15) is 132 Å². The summed E-state index contributed by atoms with van der Waals surface area (Å²) >= 11 is 0. The first-order valence-electron chi connectivity index (χ1n) is 16.4.